The number of hydrogen-bond acceptors (Lipinski definition) is 3. The number of halogens is 2. The molecule has 0 spiro atoms. The van der Waals surface area contributed by atoms with E-state index in [0.717, 1.165) is 11.4 Å². The second-order valence-electron chi connectivity index (χ2n) is 2.75. The zero-order valence-electron chi connectivity index (χ0n) is 6.53. The van der Waals surface area contributed by atoms with Crippen molar-refractivity contribution >= 4 is 29.0 Å². The summed E-state index contributed by atoms with van der Waals surface area (Å²) in [5, 5.41) is 6.41. The predicted octanol–water partition coefficient (Wildman–Crippen LogP) is 1.52. The monoisotopic (exact) mass is 216 g/mol. The van der Waals surface area contributed by atoms with Crippen LogP contribution in [0.15, 0.2) is 33.9 Å². The summed E-state index contributed by atoms with van der Waals surface area (Å²) in [5.74, 6) is 0.0514. The van der Waals surface area contributed by atoms with E-state index in [-0.39, 0.29) is 5.78 Å². The quantitative estimate of drug-likeness (QED) is 0.604. The minimum atomic E-state index is 0.0514. The van der Waals surface area contributed by atoms with Crippen LogP contribution in [-0.2, 0) is 4.79 Å². The molecule has 0 bridgehead atoms. The van der Waals surface area contributed by atoms with Gasteiger partial charge in [0.1, 0.15) is 10.3 Å². The van der Waals surface area contributed by atoms with E-state index < -0.39 is 0 Å². The highest BCUT2D eigenvalue weighted by Crippen LogP contribution is 2.23. The van der Waals surface area contributed by atoms with Crippen molar-refractivity contribution < 1.29 is 4.79 Å². The highest BCUT2D eigenvalue weighted by Gasteiger charge is 2.20. The summed E-state index contributed by atoms with van der Waals surface area (Å²) < 4.78 is 0. The van der Waals surface area contributed by atoms with Gasteiger partial charge in [-0.05, 0) is 12.2 Å². The predicted molar refractivity (Wildman–Crippen MR) is 50.8 cm³/mol. The van der Waals surface area contributed by atoms with E-state index in [1.807, 2.05) is 0 Å². The summed E-state index contributed by atoms with van der Waals surface area (Å²) in [6.45, 7) is 0. The molecule has 0 saturated heterocycles. The van der Waals surface area contributed by atoms with E-state index in [1.165, 1.54) is 6.08 Å². The molecular weight excluding hydrogens is 211 g/mol. The summed E-state index contributed by atoms with van der Waals surface area (Å²) in [7, 11) is 0. The summed E-state index contributed by atoms with van der Waals surface area (Å²) >= 11 is 11.5. The Balaban J connectivity index is 2.28. The summed E-state index contributed by atoms with van der Waals surface area (Å²) in [4.78, 5) is 11.0. The molecule has 0 fully saturated rings. The fourth-order valence-electron chi connectivity index (χ4n) is 1.19. The molecule has 0 aromatic carbocycles. The largest absolute Gasteiger partial charge is 0.345 e. The van der Waals surface area contributed by atoms with E-state index in [0.29, 0.717) is 16.7 Å². The maximum absolute atomic E-state index is 11.0. The van der Waals surface area contributed by atoms with Crippen molar-refractivity contribution in [3.05, 3.63) is 33.9 Å². The van der Waals surface area contributed by atoms with Gasteiger partial charge in [-0.2, -0.15) is 0 Å². The van der Waals surface area contributed by atoms with Crippen LogP contribution in [0.2, 0.25) is 0 Å². The first-order valence-corrected chi connectivity index (χ1v) is 4.46. The summed E-state index contributed by atoms with van der Waals surface area (Å²) in [6, 6.07) is 0. The Bertz CT molecular complexity index is 368. The molecule has 0 saturated carbocycles. The first-order chi connectivity index (χ1) is 6.16. The first-order valence-electron chi connectivity index (χ1n) is 3.70. The Morgan fingerprint density at radius 1 is 1.15 bits per heavy atom. The number of nitrogens with one attached hydrogen (secondary N) is 2. The van der Waals surface area contributed by atoms with E-state index in [9.17, 15) is 4.79 Å². The molecule has 1 aliphatic carbocycles. The third kappa shape index (κ3) is 1.57. The molecule has 2 rings (SSSR count). The van der Waals surface area contributed by atoms with Gasteiger partial charge >= 0.3 is 0 Å². The van der Waals surface area contributed by atoms with E-state index in [1.54, 1.807) is 6.08 Å². The molecule has 13 heavy (non-hydrogen) atoms. The van der Waals surface area contributed by atoms with Gasteiger partial charge in [0, 0.05) is 5.70 Å². The van der Waals surface area contributed by atoms with E-state index in [4.69, 9.17) is 23.2 Å². The molecule has 1 aliphatic heterocycles. The van der Waals surface area contributed by atoms with Crippen molar-refractivity contribution in [2.75, 3.05) is 0 Å². The Morgan fingerprint density at radius 2 is 1.85 bits per heavy atom. The molecule has 0 atom stereocenters. The van der Waals surface area contributed by atoms with Crippen LogP contribution in [0.1, 0.15) is 6.42 Å². The maximum atomic E-state index is 11.0. The lowest BCUT2D eigenvalue weighted by Crippen LogP contribution is -2.29. The highest BCUT2D eigenvalue weighted by atomic mass is 35.5. The van der Waals surface area contributed by atoms with Crippen LogP contribution in [0, 0.1) is 0 Å². The number of ketones is 1. The average molecular weight is 217 g/mol. The topological polar surface area (TPSA) is 41.1 Å². The molecule has 68 valence electrons. The fourth-order valence-corrected chi connectivity index (χ4v) is 1.50. The van der Waals surface area contributed by atoms with E-state index in [2.05, 4.69) is 10.6 Å². The summed E-state index contributed by atoms with van der Waals surface area (Å²) in [6.07, 6.45) is 3.52. The highest BCUT2D eigenvalue weighted by molar-refractivity contribution is 6.39. The van der Waals surface area contributed by atoms with Gasteiger partial charge in [0.25, 0.3) is 0 Å². The molecule has 0 aromatic heterocycles. The van der Waals surface area contributed by atoms with Gasteiger partial charge < -0.3 is 10.6 Å². The molecule has 2 aliphatic rings. The number of rotatable bonds is 0. The summed E-state index contributed by atoms with van der Waals surface area (Å²) in [5.41, 5.74) is 1.57. The average Bonchev–Trinajstić information content (AvgIpc) is 2.08. The van der Waals surface area contributed by atoms with Gasteiger partial charge in [-0.3, -0.25) is 4.79 Å². The van der Waals surface area contributed by atoms with Crippen LogP contribution in [-0.4, -0.2) is 5.78 Å². The molecule has 0 radical (unpaired) electrons. The standard InChI is InChI=1S/C8H6Cl2N2O/c9-7-8(10)12-6-3-4(13)1-2-5(6)11-7/h1-2,11-12H,3H2. The van der Waals surface area contributed by atoms with Crippen molar-refractivity contribution in [2.45, 2.75) is 6.42 Å². The van der Waals surface area contributed by atoms with Crippen molar-refractivity contribution in [1.82, 2.24) is 10.6 Å². The lowest BCUT2D eigenvalue weighted by Gasteiger charge is -2.23. The molecule has 2 N–H and O–H groups in total. The van der Waals surface area contributed by atoms with Crippen LogP contribution >= 0.6 is 23.2 Å². The lowest BCUT2D eigenvalue weighted by atomic mass is 10.1. The van der Waals surface area contributed by atoms with Crippen molar-refractivity contribution in [2.24, 2.45) is 0 Å². The SMILES string of the molecule is O=C1C=CC2=C(C1)NC(Cl)=C(Cl)N2. The van der Waals surface area contributed by atoms with Gasteiger partial charge in [0.15, 0.2) is 5.78 Å². The second kappa shape index (κ2) is 3.09. The van der Waals surface area contributed by atoms with Crippen LogP contribution in [0.25, 0.3) is 0 Å². The molecule has 1 heterocycles. The molecule has 3 nitrogen and oxygen atoms in total. The minimum Gasteiger partial charge on any atom is -0.345 e. The Hall–Kier alpha value is -0.930. The molecule has 5 heteroatoms. The van der Waals surface area contributed by atoms with Gasteiger partial charge in [-0.25, -0.2) is 0 Å². The Kier molecular flexibility index (Phi) is 2.06. The minimum absolute atomic E-state index is 0.0514. The smallest absolute Gasteiger partial charge is 0.161 e. The molecule has 0 unspecified atom stereocenters. The number of hydrogen-bond donors (Lipinski definition) is 2. The first kappa shape index (κ1) is 8.66. The zero-order chi connectivity index (χ0) is 9.42. The van der Waals surface area contributed by atoms with Gasteiger partial charge in [-0.15, -0.1) is 0 Å². The van der Waals surface area contributed by atoms with Crippen LogP contribution in [0.5, 0.6) is 0 Å². The van der Waals surface area contributed by atoms with Crippen LogP contribution in [0.3, 0.4) is 0 Å². The maximum Gasteiger partial charge on any atom is 0.161 e. The third-order valence-corrected chi connectivity index (χ3v) is 2.47. The van der Waals surface area contributed by atoms with Gasteiger partial charge in [0.2, 0.25) is 0 Å². The molecule has 0 amide bonds. The fraction of sp³-hybridized carbons (Fsp3) is 0.125. The third-order valence-electron chi connectivity index (χ3n) is 1.81. The lowest BCUT2D eigenvalue weighted by molar-refractivity contribution is -0.114. The van der Waals surface area contributed by atoms with E-state index >= 15 is 0 Å². The molecular formula is C8H6Cl2N2O. The van der Waals surface area contributed by atoms with Crippen molar-refractivity contribution in [3.8, 4) is 0 Å². The molecule has 0 aromatic rings. The zero-order valence-corrected chi connectivity index (χ0v) is 8.04. The number of carbonyl (C=O) groups is 1. The van der Waals surface area contributed by atoms with Crippen LogP contribution < -0.4 is 10.6 Å². The van der Waals surface area contributed by atoms with Crippen LogP contribution in [0.4, 0.5) is 0 Å². The van der Waals surface area contributed by atoms with Gasteiger partial charge in [-0.1, -0.05) is 23.2 Å². The normalized spacial score (nSPS) is 21.2. The second-order valence-corrected chi connectivity index (χ2v) is 3.50. The Labute approximate surface area is 85.1 Å². The Morgan fingerprint density at radius 3 is 2.62 bits per heavy atom. The number of allylic oxidation sites excluding steroid dienone is 3. The van der Waals surface area contributed by atoms with Crippen molar-refractivity contribution in [1.29, 1.82) is 0 Å². The number of carbonyl (C=O) groups excluding carboxylic acids is 1. The van der Waals surface area contributed by atoms with Gasteiger partial charge in [0.05, 0.1) is 12.1 Å². The van der Waals surface area contributed by atoms with Crippen molar-refractivity contribution in [3.63, 3.8) is 0 Å².